The Bertz CT molecular complexity index is 483. The monoisotopic (exact) mass is 451 g/mol. The minimum Gasteiger partial charge on any atom is -0.496 e. The van der Waals surface area contributed by atoms with E-state index in [0.29, 0.717) is 0 Å². The minimum atomic E-state index is 0. The second kappa shape index (κ2) is 12.8. The number of guanidine groups is 1. The van der Waals surface area contributed by atoms with Crippen molar-refractivity contribution in [3.8, 4) is 5.75 Å². The van der Waals surface area contributed by atoms with Gasteiger partial charge in [0.05, 0.1) is 13.2 Å². The highest BCUT2D eigenvalue weighted by atomic mass is 127. The summed E-state index contributed by atoms with van der Waals surface area (Å²) in [7, 11) is 1.71. The summed E-state index contributed by atoms with van der Waals surface area (Å²) in [6.07, 6.45) is 3.22. The Labute approximate surface area is 162 Å². The van der Waals surface area contributed by atoms with Gasteiger partial charge in [-0.05, 0) is 45.3 Å². The van der Waals surface area contributed by atoms with E-state index >= 15 is 0 Å². The van der Waals surface area contributed by atoms with Crippen LogP contribution in [0.15, 0.2) is 23.2 Å². The third-order valence-corrected chi connectivity index (χ3v) is 4.02. The second-order valence-electron chi connectivity index (χ2n) is 5.22. The molecule has 1 aromatic carbocycles. The molecule has 2 N–H and O–H groups in total. The van der Waals surface area contributed by atoms with Crippen LogP contribution in [0.25, 0.3) is 0 Å². The van der Waals surface area contributed by atoms with Crippen molar-refractivity contribution in [2.75, 3.05) is 32.2 Å². The normalized spacial score (nSPS) is 12.3. The molecule has 0 aliphatic carbocycles. The molecule has 1 unspecified atom stereocenters. The Kier molecular flexibility index (Phi) is 12.4. The lowest BCUT2D eigenvalue weighted by molar-refractivity contribution is 0.405. The summed E-state index contributed by atoms with van der Waals surface area (Å²) < 4.78 is 5.47. The molecule has 0 spiro atoms. The number of methoxy groups -OCH3 is 1. The molecule has 0 saturated carbocycles. The van der Waals surface area contributed by atoms with E-state index in [9.17, 15) is 0 Å². The molecule has 0 fully saturated rings. The standard InChI is InChI=1S/C17H29N3OS.HI/c1-6-18-17(19-10-7-11-22-5)20-14(3)15-12-13(2)8-9-16(15)21-4;/h8-9,12,14H,6-7,10-11H2,1-5H3,(H2,18,19,20);1H. The molecule has 0 saturated heterocycles. The van der Waals surface area contributed by atoms with E-state index in [-0.39, 0.29) is 30.0 Å². The summed E-state index contributed by atoms with van der Waals surface area (Å²) in [6.45, 7) is 8.00. The molecule has 0 heterocycles. The predicted molar refractivity (Wildman–Crippen MR) is 114 cm³/mol. The van der Waals surface area contributed by atoms with Crippen molar-refractivity contribution in [2.45, 2.75) is 33.2 Å². The second-order valence-corrected chi connectivity index (χ2v) is 6.20. The Morgan fingerprint density at radius 1 is 1.39 bits per heavy atom. The molecule has 0 aliphatic rings. The Morgan fingerprint density at radius 3 is 2.74 bits per heavy atom. The summed E-state index contributed by atoms with van der Waals surface area (Å²) in [5.74, 6) is 2.91. The van der Waals surface area contributed by atoms with Crippen LogP contribution in [0.1, 0.15) is 37.4 Å². The van der Waals surface area contributed by atoms with Crippen molar-refractivity contribution < 1.29 is 4.74 Å². The highest BCUT2D eigenvalue weighted by molar-refractivity contribution is 14.0. The Morgan fingerprint density at radius 2 is 2.13 bits per heavy atom. The molecular weight excluding hydrogens is 421 g/mol. The van der Waals surface area contributed by atoms with Crippen molar-refractivity contribution in [1.82, 2.24) is 10.6 Å². The number of aryl methyl sites for hydroxylation is 1. The van der Waals surface area contributed by atoms with Gasteiger partial charge in [0.25, 0.3) is 0 Å². The highest BCUT2D eigenvalue weighted by Gasteiger charge is 2.13. The van der Waals surface area contributed by atoms with E-state index in [1.807, 2.05) is 17.8 Å². The van der Waals surface area contributed by atoms with Crippen LogP contribution in [-0.2, 0) is 0 Å². The number of thioether (sulfide) groups is 1. The lowest BCUT2D eigenvalue weighted by atomic mass is 10.0. The molecule has 1 aromatic rings. The first-order valence-electron chi connectivity index (χ1n) is 7.80. The molecule has 1 rings (SSSR count). The zero-order valence-electron chi connectivity index (χ0n) is 14.8. The predicted octanol–water partition coefficient (Wildman–Crippen LogP) is 3.99. The van der Waals surface area contributed by atoms with Gasteiger partial charge in [0.1, 0.15) is 5.75 Å². The van der Waals surface area contributed by atoms with Gasteiger partial charge in [-0.2, -0.15) is 11.8 Å². The van der Waals surface area contributed by atoms with Gasteiger partial charge in [-0.1, -0.05) is 17.7 Å². The van der Waals surface area contributed by atoms with Gasteiger partial charge >= 0.3 is 0 Å². The van der Waals surface area contributed by atoms with E-state index < -0.39 is 0 Å². The van der Waals surface area contributed by atoms with Gasteiger partial charge in [-0.25, -0.2) is 0 Å². The first kappa shape index (κ1) is 22.4. The first-order valence-corrected chi connectivity index (χ1v) is 9.20. The molecule has 23 heavy (non-hydrogen) atoms. The molecule has 132 valence electrons. The number of ether oxygens (including phenoxy) is 1. The summed E-state index contributed by atoms with van der Waals surface area (Å²) >= 11 is 1.86. The van der Waals surface area contributed by atoms with Crippen molar-refractivity contribution >= 4 is 41.7 Å². The maximum atomic E-state index is 5.47. The van der Waals surface area contributed by atoms with Gasteiger partial charge in [0, 0.05) is 18.7 Å². The number of nitrogens with zero attached hydrogens (tertiary/aromatic N) is 1. The van der Waals surface area contributed by atoms with Gasteiger partial charge in [0.2, 0.25) is 0 Å². The minimum absolute atomic E-state index is 0. The smallest absolute Gasteiger partial charge is 0.191 e. The maximum absolute atomic E-state index is 5.47. The van der Waals surface area contributed by atoms with E-state index in [0.717, 1.165) is 42.5 Å². The topological polar surface area (TPSA) is 45.7 Å². The number of hydrogen-bond donors (Lipinski definition) is 2. The summed E-state index contributed by atoms with van der Waals surface area (Å²) in [5.41, 5.74) is 2.38. The van der Waals surface area contributed by atoms with Gasteiger partial charge < -0.3 is 15.4 Å². The van der Waals surface area contributed by atoms with Crippen LogP contribution in [0.5, 0.6) is 5.75 Å². The van der Waals surface area contributed by atoms with Crippen LogP contribution >= 0.6 is 35.7 Å². The fourth-order valence-electron chi connectivity index (χ4n) is 2.19. The molecule has 0 bridgehead atoms. The molecule has 6 heteroatoms. The van der Waals surface area contributed by atoms with Crippen LogP contribution in [0.4, 0.5) is 0 Å². The molecule has 4 nitrogen and oxygen atoms in total. The van der Waals surface area contributed by atoms with Crippen LogP contribution in [0, 0.1) is 6.92 Å². The SMILES string of the molecule is CCNC(=NCCCSC)NC(C)c1cc(C)ccc1OC.I. The van der Waals surface area contributed by atoms with E-state index in [1.54, 1.807) is 7.11 Å². The maximum Gasteiger partial charge on any atom is 0.191 e. The number of nitrogens with one attached hydrogen (secondary N) is 2. The Hall–Kier alpha value is -0.630. The van der Waals surface area contributed by atoms with Crippen LogP contribution in [0.2, 0.25) is 0 Å². The van der Waals surface area contributed by atoms with Crippen molar-refractivity contribution in [3.63, 3.8) is 0 Å². The van der Waals surface area contributed by atoms with Crippen LogP contribution in [0.3, 0.4) is 0 Å². The van der Waals surface area contributed by atoms with Crippen molar-refractivity contribution in [2.24, 2.45) is 4.99 Å². The lowest BCUT2D eigenvalue weighted by Crippen LogP contribution is -2.39. The zero-order chi connectivity index (χ0) is 16.4. The molecule has 0 radical (unpaired) electrons. The fraction of sp³-hybridized carbons (Fsp3) is 0.588. The van der Waals surface area contributed by atoms with E-state index in [4.69, 9.17) is 4.74 Å². The van der Waals surface area contributed by atoms with E-state index in [2.05, 4.69) is 54.8 Å². The zero-order valence-corrected chi connectivity index (χ0v) is 18.0. The first-order chi connectivity index (χ1) is 10.6. The van der Waals surface area contributed by atoms with Gasteiger partial charge in [0.15, 0.2) is 5.96 Å². The van der Waals surface area contributed by atoms with Crippen molar-refractivity contribution in [1.29, 1.82) is 0 Å². The molecular formula is C17H30IN3OS. The third-order valence-electron chi connectivity index (χ3n) is 3.33. The number of halogens is 1. The summed E-state index contributed by atoms with van der Waals surface area (Å²) in [4.78, 5) is 4.63. The quantitative estimate of drug-likeness (QED) is 0.272. The van der Waals surface area contributed by atoms with E-state index in [1.165, 1.54) is 5.56 Å². The molecule has 0 aromatic heterocycles. The number of rotatable bonds is 8. The van der Waals surface area contributed by atoms with Gasteiger partial charge in [-0.3, -0.25) is 4.99 Å². The van der Waals surface area contributed by atoms with Crippen molar-refractivity contribution in [3.05, 3.63) is 29.3 Å². The summed E-state index contributed by atoms with van der Waals surface area (Å²) in [5, 5.41) is 6.77. The number of benzene rings is 1. The molecule has 0 aliphatic heterocycles. The summed E-state index contributed by atoms with van der Waals surface area (Å²) in [6, 6.07) is 6.38. The largest absolute Gasteiger partial charge is 0.496 e. The van der Waals surface area contributed by atoms with Crippen LogP contribution in [-0.4, -0.2) is 38.2 Å². The highest BCUT2D eigenvalue weighted by Crippen LogP contribution is 2.25. The van der Waals surface area contributed by atoms with Gasteiger partial charge in [-0.15, -0.1) is 24.0 Å². The van der Waals surface area contributed by atoms with Crippen LogP contribution < -0.4 is 15.4 Å². The molecule has 1 atom stereocenters. The molecule has 0 amide bonds. The average Bonchev–Trinajstić information content (AvgIpc) is 2.51. The lowest BCUT2D eigenvalue weighted by Gasteiger charge is -2.20. The number of hydrogen-bond acceptors (Lipinski definition) is 3. The fourth-order valence-corrected chi connectivity index (χ4v) is 2.61. The average molecular weight is 451 g/mol. The Balaban J connectivity index is 0.00000484. The third kappa shape index (κ3) is 8.15. The number of aliphatic imine (C=N–C) groups is 1.